The fourth-order valence-corrected chi connectivity index (χ4v) is 3.53. The molecule has 30 heavy (non-hydrogen) atoms. The topological polar surface area (TPSA) is 60.0 Å². The van der Waals surface area contributed by atoms with Gasteiger partial charge in [-0.1, -0.05) is 0 Å². The number of ether oxygens (including phenoxy) is 3. The minimum atomic E-state index is -0.383. The van der Waals surface area contributed by atoms with E-state index < -0.39 is 0 Å². The highest BCUT2D eigenvalue weighted by Crippen LogP contribution is 2.39. The second-order valence-corrected chi connectivity index (χ2v) is 6.95. The lowest BCUT2D eigenvalue weighted by Gasteiger charge is -2.19. The van der Waals surface area contributed by atoms with E-state index in [0.29, 0.717) is 48.3 Å². The third-order valence-electron chi connectivity index (χ3n) is 4.78. The van der Waals surface area contributed by atoms with Crippen LogP contribution in [0.15, 0.2) is 30.3 Å². The molecule has 0 atom stereocenters. The molecule has 1 saturated heterocycles. The second-order valence-electron chi connectivity index (χ2n) is 6.95. The predicted molar refractivity (Wildman–Crippen MR) is 116 cm³/mol. The first-order valence-electron chi connectivity index (χ1n) is 10.5. The van der Waals surface area contributed by atoms with Gasteiger partial charge in [0.25, 0.3) is 5.91 Å². The summed E-state index contributed by atoms with van der Waals surface area (Å²) in [6, 6.07) is 7.85. The lowest BCUT2D eigenvalue weighted by Crippen LogP contribution is -2.18. The number of carbonyl (C=O) groups is 1. The van der Waals surface area contributed by atoms with Crippen molar-refractivity contribution < 1.29 is 23.4 Å². The van der Waals surface area contributed by atoms with Crippen LogP contribution in [0.2, 0.25) is 0 Å². The number of halogens is 1. The molecule has 1 aliphatic rings. The first-order valence-corrected chi connectivity index (χ1v) is 10.5. The van der Waals surface area contributed by atoms with Gasteiger partial charge in [-0.2, -0.15) is 0 Å². The van der Waals surface area contributed by atoms with Crippen LogP contribution in [-0.4, -0.2) is 38.8 Å². The highest BCUT2D eigenvalue weighted by Gasteiger charge is 2.19. The van der Waals surface area contributed by atoms with E-state index in [1.54, 1.807) is 18.2 Å². The molecule has 6 nitrogen and oxygen atoms in total. The van der Waals surface area contributed by atoms with Gasteiger partial charge in [-0.3, -0.25) is 4.79 Å². The van der Waals surface area contributed by atoms with Crippen molar-refractivity contribution in [3.63, 3.8) is 0 Å². The van der Waals surface area contributed by atoms with Gasteiger partial charge in [0.05, 0.1) is 19.8 Å². The van der Waals surface area contributed by atoms with Crippen LogP contribution in [0, 0.1) is 5.82 Å². The highest BCUT2D eigenvalue weighted by molar-refractivity contribution is 6.05. The number of amides is 1. The van der Waals surface area contributed by atoms with E-state index in [2.05, 4.69) is 10.2 Å². The van der Waals surface area contributed by atoms with Crippen molar-refractivity contribution in [1.29, 1.82) is 0 Å². The molecule has 1 N–H and O–H groups in total. The standard InChI is InChI=1S/C23H29FN2O4/c1-4-28-20-11-16(12-21(29-5-2)22(20)30-6-3)23(27)25-18-13-17(24)14-19(15-18)26-9-7-8-10-26/h11-15H,4-10H2,1-3H3,(H,25,27). The Bertz CT molecular complexity index is 854. The molecule has 2 aromatic rings. The largest absolute Gasteiger partial charge is 0.490 e. The van der Waals surface area contributed by atoms with Crippen molar-refractivity contribution in [2.45, 2.75) is 33.6 Å². The molecule has 1 aliphatic heterocycles. The molecule has 0 radical (unpaired) electrons. The van der Waals surface area contributed by atoms with Crippen molar-refractivity contribution in [3.05, 3.63) is 41.7 Å². The number of hydrogen-bond donors (Lipinski definition) is 1. The number of hydrogen-bond acceptors (Lipinski definition) is 5. The Morgan fingerprint density at radius 2 is 1.53 bits per heavy atom. The molecular formula is C23H29FN2O4. The molecule has 1 amide bonds. The highest BCUT2D eigenvalue weighted by atomic mass is 19.1. The van der Waals surface area contributed by atoms with Crippen LogP contribution in [0.5, 0.6) is 17.2 Å². The SMILES string of the molecule is CCOc1cc(C(=O)Nc2cc(F)cc(N3CCCC3)c2)cc(OCC)c1OCC. The van der Waals surface area contributed by atoms with Gasteiger partial charge >= 0.3 is 0 Å². The Balaban J connectivity index is 1.89. The monoisotopic (exact) mass is 416 g/mol. The molecule has 0 saturated carbocycles. The summed E-state index contributed by atoms with van der Waals surface area (Å²) >= 11 is 0. The van der Waals surface area contributed by atoms with Crippen molar-refractivity contribution in [2.24, 2.45) is 0 Å². The number of rotatable bonds is 9. The van der Waals surface area contributed by atoms with Gasteiger partial charge in [-0.15, -0.1) is 0 Å². The summed E-state index contributed by atoms with van der Waals surface area (Å²) in [5.74, 6) is 0.587. The van der Waals surface area contributed by atoms with E-state index in [9.17, 15) is 9.18 Å². The summed E-state index contributed by atoms with van der Waals surface area (Å²) in [6.07, 6.45) is 2.18. The summed E-state index contributed by atoms with van der Waals surface area (Å²) in [5, 5.41) is 2.80. The van der Waals surface area contributed by atoms with E-state index in [4.69, 9.17) is 14.2 Å². The van der Waals surface area contributed by atoms with Gasteiger partial charge in [-0.05, 0) is 63.9 Å². The molecule has 2 aromatic carbocycles. The van der Waals surface area contributed by atoms with Crippen LogP contribution < -0.4 is 24.4 Å². The number of carbonyl (C=O) groups excluding carboxylic acids is 1. The van der Waals surface area contributed by atoms with Crippen molar-refractivity contribution >= 4 is 17.3 Å². The molecule has 0 aromatic heterocycles. The van der Waals surface area contributed by atoms with Gasteiger partial charge in [0.2, 0.25) is 5.75 Å². The number of nitrogens with zero attached hydrogens (tertiary/aromatic N) is 1. The van der Waals surface area contributed by atoms with Crippen LogP contribution in [0.3, 0.4) is 0 Å². The number of nitrogens with one attached hydrogen (secondary N) is 1. The van der Waals surface area contributed by atoms with Crippen LogP contribution in [0.25, 0.3) is 0 Å². The van der Waals surface area contributed by atoms with Gasteiger partial charge in [-0.25, -0.2) is 4.39 Å². The van der Waals surface area contributed by atoms with Gasteiger partial charge in [0.15, 0.2) is 11.5 Å². The lowest BCUT2D eigenvalue weighted by molar-refractivity contribution is 0.102. The number of anilines is 2. The maximum atomic E-state index is 14.2. The van der Waals surface area contributed by atoms with Gasteiger partial charge in [0, 0.05) is 30.0 Å². The zero-order valence-electron chi connectivity index (χ0n) is 17.8. The van der Waals surface area contributed by atoms with Crippen LogP contribution in [0.1, 0.15) is 44.0 Å². The molecule has 1 heterocycles. The zero-order valence-corrected chi connectivity index (χ0v) is 17.8. The molecule has 162 valence electrons. The minimum Gasteiger partial charge on any atom is -0.490 e. The Kier molecular flexibility index (Phi) is 7.38. The molecular weight excluding hydrogens is 387 g/mol. The van der Waals surface area contributed by atoms with Crippen molar-refractivity contribution in [2.75, 3.05) is 43.1 Å². The van der Waals surface area contributed by atoms with Crippen molar-refractivity contribution in [1.82, 2.24) is 0 Å². The smallest absolute Gasteiger partial charge is 0.255 e. The first kappa shape index (κ1) is 21.7. The average molecular weight is 416 g/mol. The lowest BCUT2D eigenvalue weighted by atomic mass is 10.1. The summed E-state index contributed by atoms with van der Waals surface area (Å²) in [6.45, 7) is 8.64. The molecule has 3 rings (SSSR count). The van der Waals surface area contributed by atoms with E-state index in [0.717, 1.165) is 31.6 Å². The maximum Gasteiger partial charge on any atom is 0.255 e. The second kappa shape index (κ2) is 10.2. The molecule has 1 fully saturated rings. The third kappa shape index (κ3) is 5.14. The Morgan fingerprint density at radius 1 is 0.933 bits per heavy atom. The summed E-state index contributed by atoms with van der Waals surface area (Å²) < 4.78 is 31.2. The van der Waals surface area contributed by atoms with Gasteiger partial charge < -0.3 is 24.4 Å². The molecule has 7 heteroatoms. The van der Waals surface area contributed by atoms with Crippen LogP contribution in [-0.2, 0) is 0 Å². The van der Waals surface area contributed by atoms with Gasteiger partial charge in [0.1, 0.15) is 5.82 Å². The van der Waals surface area contributed by atoms with E-state index in [1.165, 1.54) is 12.1 Å². The molecule has 0 spiro atoms. The predicted octanol–water partition coefficient (Wildman–Crippen LogP) is 4.87. The van der Waals surface area contributed by atoms with Crippen molar-refractivity contribution in [3.8, 4) is 17.2 Å². The maximum absolute atomic E-state index is 14.2. The van der Waals surface area contributed by atoms with E-state index >= 15 is 0 Å². The molecule has 0 bridgehead atoms. The third-order valence-corrected chi connectivity index (χ3v) is 4.78. The molecule has 0 aliphatic carbocycles. The first-order chi connectivity index (χ1) is 14.5. The summed E-state index contributed by atoms with van der Waals surface area (Å²) in [4.78, 5) is 15.1. The average Bonchev–Trinajstić information content (AvgIpc) is 3.25. The summed E-state index contributed by atoms with van der Waals surface area (Å²) in [7, 11) is 0. The quantitative estimate of drug-likeness (QED) is 0.632. The van der Waals surface area contributed by atoms with Crippen LogP contribution in [0.4, 0.5) is 15.8 Å². The fraction of sp³-hybridized carbons (Fsp3) is 0.435. The fourth-order valence-electron chi connectivity index (χ4n) is 3.53. The zero-order chi connectivity index (χ0) is 21.5. The van der Waals surface area contributed by atoms with Crippen LogP contribution >= 0.6 is 0 Å². The Hall–Kier alpha value is -2.96. The minimum absolute atomic E-state index is 0.345. The Labute approximate surface area is 176 Å². The Morgan fingerprint density at radius 3 is 2.10 bits per heavy atom. The van der Waals surface area contributed by atoms with E-state index in [1.807, 2.05) is 20.8 Å². The normalized spacial score (nSPS) is 13.3. The van der Waals surface area contributed by atoms with E-state index in [-0.39, 0.29) is 11.7 Å². The molecule has 0 unspecified atom stereocenters. The summed E-state index contributed by atoms with van der Waals surface area (Å²) in [5.41, 5.74) is 1.53. The number of benzene rings is 2.